The standard InChI is InChI=1S/C25H17ClN4O3S/c1-32-18-9-7-17(8-10-18)30-23(28-24(31)20(13-27)25(30)34)15-4-11-21-19(12-15)22(33-29-21)14-2-5-16(26)6-3-14/h2-12,23,34H,1H3,(H,28,31). The van der Waals surface area contributed by atoms with Gasteiger partial charge in [-0.1, -0.05) is 22.8 Å². The number of benzene rings is 3. The highest BCUT2D eigenvalue weighted by Gasteiger charge is 2.34. The molecule has 1 aliphatic heterocycles. The summed E-state index contributed by atoms with van der Waals surface area (Å²) < 4.78 is 10.9. The van der Waals surface area contributed by atoms with Crippen LogP contribution in [-0.2, 0) is 4.79 Å². The van der Waals surface area contributed by atoms with Gasteiger partial charge in [0.2, 0.25) is 0 Å². The predicted molar refractivity (Wildman–Crippen MR) is 132 cm³/mol. The molecule has 0 saturated carbocycles. The molecule has 0 radical (unpaired) electrons. The van der Waals surface area contributed by atoms with Gasteiger partial charge in [-0.05, 0) is 66.2 Å². The number of hydrogen-bond donors (Lipinski definition) is 2. The molecule has 168 valence electrons. The molecule has 5 rings (SSSR count). The Labute approximate surface area is 205 Å². The van der Waals surface area contributed by atoms with Crippen molar-refractivity contribution in [3.8, 4) is 23.1 Å². The first-order chi connectivity index (χ1) is 16.5. The summed E-state index contributed by atoms with van der Waals surface area (Å²) in [5.41, 5.74) is 2.92. The first kappa shape index (κ1) is 21.9. The second-order valence-corrected chi connectivity index (χ2v) is 8.41. The number of aromatic nitrogens is 1. The summed E-state index contributed by atoms with van der Waals surface area (Å²) >= 11 is 10.6. The zero-order chi connectivity index (χ0) is 23.8. The molecule has 4 aromatic rings. The molecule has 0 bridgehead atoms. The second kappa shape index (κ2) is 8.78. The Bertz CT molecular complexity index is 1470. The fraction of sp³-hybridized carbons (Fsp3) is 0.0800. The van der Waals surface area contributed by atoms with Gasteiger partial charge in [0.05, 0.1) is 17.5 Å². The molecular weight excluding hydrogens is 472 g/mol. The maximum Gasteiger partial charge on any atom is 0.266 e. The molecule has 0 fully saturated rings. The van der Waals surface area contributed by atoms with E-state index in [1.807, 2.05) is 48.5 Å². The van der Waals surface area contributed by atoms with E-state index in [1.165, 1.54) is 0 Å². The van der Waals surface area contributed by atoms with Gasteiger partial charge in [-0.15, -0.1) is 12.6 Å². The molecule has 1 aromatic heterocycles. The molecule has 1 unspecified atom stereocenters. The van der Waals surface area contributed by atoms with Gasteiger partial charge in [0.1, 0.15) is 29.1 Å². The third kappa shape index (κ3) is 3.75. The van der Waals surface area contributed by atoms with Crippen LogP contribution in [0.4, 0.5) is 5.69 Å². The molecule has 1 amide bonds. The van der Waals surface area contributed by atoms with Crippen LogP contribution in [0.3, 0.4) is 0 Å². The number of fused-ring (bicyclic) bond motifs is 1. The van der Waals surface area contributed by atoms with E-state index in [0.717, 1.165) is 22.2 Å². The minimum Gasteiger partial charge on any atom is -0.497 e. The quantitative estimate of drug-likeness (QED) is 0.371. The normalized spacial score (nSPS) is 15.9. The number of ether oxygens (including phenoxy) is 1. The summed E-state index contributed by atoms with van der Waals surface area (Å²) in [5.74, 6) is 0.779. The fourth-order valence-corrected chi connectivity index (χ4v) is 4.40. The van der Waals surface area contributed by atoms with Crippen molar-refractivity contribution in [1.29, 1.82) is 5.26 Å². The van der Waals surface area contributed by atoms with Gasteiger partial charge < -0.3 is 19.5 Å². The summed E-state index contributed by atoms with van der Waals surface area (Å²) in [6.45, 7) is 0. The second-order valence-electron chi connectivity index (χ2n) is 7.55. The van der Waals surface area contributed by atoms with Crippen molar-refractivity contribution in [1.82, 2.24) is 10.5 Å². The van der Waals surface area contributed by atoms with Gasteiger partial charge in [0.15, 0.2) is 5.76 Å². The number of thiol groups is 1. The van der Waals surface area contributed by atoms with E-state index in [0.29, 0.717) is 22.0 Å². The number of nitrogens with zero attached hydrogens (tertiary/aromatic N) is 3. The summed E-state index contributed by atoms with van der Waals surface area (Å²) in [6, 6.07) is 22.1. The van der Waals surface area contributed by atoms with Gasteiger partial charge in [-0.2, -0.15) is 5.26 Å². The Hall–Kier alpha value is -3.93. The van der Waals surface area contributed by atoms with Crippen molar-refractivity contribution in [2.45, 2.75) is 6.17 Å². The number of anilines is 1. The molecule has 9 heteroatoms. The van der Waals surface area contributed by atoms with Crippen LogP contribution < -0.4 is 15.0 Å². The summed E-state index contributed by atoms with van der Waals surface area (Å²) in [7, 11) is 1.59. The van der Waals surface area contributed by atoms with Gasteiger partial charge in [-0.3, -0.25) is 4.79 Å². The molecule has 1 N–H and O–H groups in total. The topological polar surface area (TPSA) is 91.4 Å². The monoisotopic (exact) mass is 488 g/mol. The smallest absolute Gasteiger partial charge is 0.266 e. The summed E-state index contributed by atoms with van der Waals surface area (Å²) in [4.78, 5) is 14.5. The number of nitrogens with one attached hydrogen (secondary N) is 1. The van der Waals surface area contributed by atoms with E-state index in [1.54, 1.807) is 36.3 Å². The largest absolute Gasteiger partial charge is 0.497 e. The Balaban J connectivity index is 1.64. The number of halogens is 1. The minimum atomic E-state index is -0.622. The van der Waals surface area contributed by atoms with E-state index in [2.05, 4.69) is 23.1 Å². The molecule has 34 heavy (non-hydrogen) atoms. The number of methoxy groups -OCH3 is 1. The van der Waals surface area contributed by atoms with E-state index >= 15 is 0 Å². The zero-order valence-corrected chi connectivity index (χ0v) is 19.5. The third-order valence-corrected chi connectivity index (χ3v) is 6.28. The van der Waals surface area contributed by atoms with Crippen molar-refractivity contribution in [3.63, 3.8) is 0 Å². The van der Waals surface area contributed by atoms with Crippen molar-refractivity contribution in [3.05, 3.63) is 87.9 Å². The van der Waals surface area contributed by atoms with Crippen LogP contribution in [0.5, 0.6) is 5.75 Å². The maximum absolute atomic E-state index is 12.7. The average Bonchev–Trinajstić information content (AvgIpc) is 3.28. The lowest BCUT2D eigenvalue weighted by Gasteiger charge is -2.38. The Morgan fingerprint density at radius 2 is 1.88 bits per heavy atom. The lowest BCUT2D eigenvalue weighted by atomic mass is 10.0. The highest BCUT2D eigenvalue weighted by atomic mass is 35.5. The van der Waals surface area contributed by atoms with Crippen LogP contribution in [0.15, 0.2) is 81.9 Å². The number of hydrogen-bond acceptors (Lipinski definition) is 7. The maximum atomic E-state index is 12.7. The highest BCUT2D eigenvalue weighted by molar-refractivity contribution is 7.84. The van der Waals surface area contributed by atoms with Crippen LogP contribution >= 0.6 is 24.2 Å². The molecule has 1 atom stereocenters. The minimum absolute atomic E-state index is 0.0664. The zero-order valence-electron chi connectivity index (χ0n) is 17.8. The molecule has 0 saturated heterocycles. The van der Waals surface area contributed by atoms with Crippen molar-refractivity contribution in [2.24, 2.45) is 0 Å². The van der Waals surface area contributed by atoms with E-state index in [9.17, 15) is 10.1 Å². The highest BCUT2D eigenvalue weighted by Crippen LogP contribution is 2.38. The predicted octanol–water partition coefficient (Wildman–Crippen LogP) is 5.46. The van der Waals surface area contributed by atoms with Crippen molar-refractivity contribution in [2.75, 3.05) is 12.0 Å². The lowest BCUT2D eigenvalue weighted by molar-refractivity contribution is -0.118. The van der Waals surface area contributed by atoms with E-state index in [-0.39, 0.29) is 10.6 Å². The number of rotatable bonds is 4. The number of carbonyl (C=O) groups excluding carboxylic acids is 1. The van der Waals surface area contributed by atoms with Crippen molar-refractivity contribution >= 4 is 46.7 Å². The molecular formula is C25H17ClN4O3S. The van der Waals surface area contributed by atoms with Crippen molar-refractivity contribution < 1.29 is 14.1 Å². The van der Waals surface area contributed by atoms with Crippen LogP contribution in [0.25, 0.3) is 22.2 Å². The van der Waals surface area contributed by atoms with Crippen LogP contribution in [0.1, 0.15) is 11.7 Å². The Morgan fingerprint density at radius 3 is 2.56 bits per heavy atom. The van der Waals surface area contributed by atoms with Gasteiger partial charge in [-0.25, -0.2) is 0 Å². The number of carbonyl (C=O) groups is 1. The molecule has 0 spiro atoms. The van der Waals surface area contributed by atoms with Crippen LogP contribution in [0, 0.1) is 11.3 Å². The molecule has 2 heterocycles. The summed E-state index contributed by atoms with van der Waals surface area (Å²) in [5, 5.41) is 18.3. The van der Waals surface area contributed by atoms with E-state index in [4.69, 9.17) is 20.9 Å². The third-order valence-electron chi connectivity index (χ3n) is 5.59. The summed E-state index contributed by atoms with van der Waals surface area (Å²) in [6.07, 6.45) is -0.622. The van der Waals surface area contributed by atoms with Crippen LogP contribution in [0.2, 0.25) is 5.02 Å². The molecule has 1 aliphatic rings. The Morgan fingerprint density at radius 1 is 1.15 bits per heavy atom. The fourth-order valence-electron chi connectivity index (χ4n) is 3.89. The van der Waals surface area contributed by atoms with Gasteiger partial charge in [0, 0.05) is 16.3 Å². The lowest BCUT2D eigenvalue weighted by Crippen LogP contribution is -2.46. The number of nitriles is 1. The molecule has 3 aromatic carbocycles. The van der Waals surface area contributed by atoms with E-state index < -0.39 is 12.1 Å². The molecule has 0 aliphatic carbocycles. The van der Waals surface area contributed by atoms with Crippen LogP contribution in [-0.4, -0.2) is 18.2 Å². The Kier molecular flexibility index (Phi) is 5.65. The molecule has 7 nitrogen and oxygen atoms in total. The number of amides is 1. The average molecular weight is 489 g/mol. The SMILES string of the molecule is COc1ccc(N2C(S)=C(C#N)C(=O)NC2c2ccc3noc(-c4ccc(Cl)cc4)c3c2)cc1. The first-order valence-corrected chi connectivity index (χ1v) is 11.1. The van der Waals surface area contributed by atoms with Gasteiger partial charge in [0.25, 0.3) is 5.91 Å². The first-order valence-electron chi connectivity index (χ1n) is 10.2. The van der Waals surface area contributed by atoms with Gasteiger partial charge >= 0.3 is 0 Å².